The molecule has 0 aliphatic rings. The van der Waals surface area contributed by atoms with Crippen LogP contribution in [0.3, 0.4) is 0 Å². The fourth-order valence-electron chi connectivity index (χ4n) is 1.36. The highest BCUT2D eigenvalue weighted by Gasteiger charge is 2.26. The zero-order valence-electron chi connectivity index (χ0n) is 8.93. The quantitative estimate of drug-likeness (QED) is 0.708. The van der Waals surface area contributed by atoms with Gasteiger partial charge in [0.2, 0.25) is 0 Å². The molecule has 0 radical (unpaired) electrons. The number of carbonyl (C=O) groups excluding carboxylic acids is 2. The number of Topliss-reactive ketones (excluding diaryl/α,β-unsaturated/α-hetero) is 1. The molecule has 0 fully saturated rings. The zero-order chi connectivity index (χ0) is 11.2. The minimum atomic E-state index is -0.328. The molecule has 0 heterocycles. The third kappa shape index (κ3) is 4.93. The van der Waals surface area contributed by atoms with Crippen molar-refractivity contribution in [1.29, 1.82) is 0 Å². The van der Waals surface area contributed by atoms with Crippen LogP contribution in [0.15, 0.2) is 0 Å². The average molecular weight is 312 g/mol. The molecule has 3 nitrogen and oxygen atoms in total. The maximum atomic E-state index is 11.7. The lowest BCUT2D eigenvalue weighted by molar-refractivity contribution is -0.135. The van der Waals surface area contributed by atoms with Gasteiger partial charge in [0.25, 0.3) is 0 Å². The first-order valence-electron chi connectivity index (χ1n) is 4.78. The first-order valence-corrected chi connectivity index (χ1v) is 5.67. The SMILES string of the molecule is CCCC(C)(C)C(=O)CCC(=O)OI. The van der Waals surface area contributed by atoms with Crippen molar-refractivity contribution in [3.05, 3.63) is 0 Å². The minimum Gasteiger partial charge on any atom is -0.394 e. The predicted molar refractivity (Wildman–Crippen MR) is 63.0 cm³/mol. The molecule has 0 bridgehead atoms. The lowest BCUT2D eigenvalue weighted by Gasteiger charge is -2.21. The average Bonchev–Trinajstić information content (AvgIpc) is 2.13. The molecule has 0 rings (SSSR count). The summed E-state index contributed by atoms with van der Waals surface area (Å²) in [6, 6.07) is 0. The summed E-state index contributed by atoms with van der Waals surface area (Å²) in [4.78, 5) is 22.5. The molecule has 0 atom stereocenters. The normalized spacial score (nSPS) is 11.1. The zero-order valence-corrected chi connectivity index (χ0v) is 11.1. The van der Waals surface area contributed by atoms with E-state index in [1.54, 1.807) is 0 Å². The highest BCUT2D eigenvalue weighted by molar-refractivity contribution is 14.1. The molecule has 0 amide bonds. The van der Waals surface area contributed by atoms with Crippen molar-refractivity contribution in [3.63, 3.8) is 0 Å². The van der Waals surface area contributed by atoms with E-state index >= 15 is 0 Å². The van der Waals surface area contributed by atoms with E-state index < -0.39 is 0 Å². The molecule has 0 aliphatic heterocycles. The number of rotatable bonds is 6. The topological polar surface area (TPSA) is 43.4 Å². The highest BCUT2D eigenvalue weighted by atomic mass is 127. The molecule has 0 N–H and O–H groups in total. The van der Waals surface area contributed by atoms with Gasteiger partial charge in [-0.1, -0.05) is 27.2 Å². The maximum absolute atomic E-state index is 11.7. The third-order valence-electron chi connectivity index (χ3n) is 2.27. The molecule has 4 heteroatoms. The summed E-state index contributed by atoms with van der Waals surface area (Å²) in [7, 11) is 0. The molecule has 0 aromatic heterocycles. The summed E-state index contributed by atoms with van der Waals surface area (Å²) in [5.74, 6) is -0.188. The number of halogens is 1. The summed E-state index contributed by atoms with van der Waals surface area (Å²) < 4.78 is 4.45. The van der Waals surface area contributed by atoms with Gasteiger partial charge in [0.15, 0.2) is 23.0 Å². The van der Waals surface area contributed by atoms with Gasteiger partial charge in [0.1, 0.15) is 5.78 Å². The van der Waals surface area contributed by atoms with Crippen molar-refractivity contribution < 1.29 is 12.7 Å². The van der Waals surface area contributed by atoms with Crippen molar-refractivity contribution in [1.82, 2.24) is 0 Å². The van der Waals surface area contributed by atoms with Crippen molar-refractivity contribution in [2.24, 2.45) is 5.41 Å². The van der Waals surface area contributed by atoms with Gasteiger partial charge in [-0.15, -0.1) is 0 Å². The molecule has 0 aliphatic carbocycles. The lowest BCUT2D eigenvalue weighted by atomic mass is 9.82. The van der Waals surface area contributed by atoms with Gasteiger partial charge in [-0.2, -0.15) is 0 Å². The Kier molecular flexibility index (Phi) is 6.31. The monoisotopic (exact) mass is 312 g/mol. The number of ketones is 1. The van der Waals surface area contributed by atoms with E-state index in [0.29, 0.717) is 0 Å². The highest BCUT2D eigenvalue weighted by Crippen LogP contribution is 2.25. The summed E-state index contributed by atoms with van der Waals surface area (Å²) >= 11 is 1.54. The molecular weight excluding hydrogens is 295 g/mol. The standard InChI is InChI=1S/C10H17IO3/c1-4-7-10(2,3)8(12)5-6-9(13)14-11/h4-7H2,1-3H3. The van der Waals surface area contributed by atoms with Crippen molar-refractivity contribution in [3.8, 4) is 0 Å². The fourth-order valence-corrected chi connectivity index (χ4v) is 1.58. The van der Waals surface area contributed by atoms with Crippen LogP contribution in [-0.4, -0.2) is 11.8 Å². The van der Waals surface area contributed by atoms with Crippen LogP contribution in [0, 0.1) is 5.41 Å². The van der Waals surface area contributed by atoms with Crippen molar-refractivity contribution in [2.75, 3.05) is 0 Å². The van der Waals surface area contributed by atoms with Gasteiger partial charge in [0, 0.05) is 11.8 Å². The second-order valence-electron chi connectivity index (χ2n) is 4.01. The van der Waals surface area contributed by atoms with E-state index in [1.807, 2.05) is 20.8 Å². The first-order chi connectivity index (χ1) is 6.44. The van der Waals surface area contributed by atoms with Crippen molar-refractivity contribution >= 4 is 34.8 Å². The molecule has 82 valence electrons. The molecule has 0 aromatic rings. The van der Waals surface area contributed by atoms with Crippen LogP contribution in [-0.2, 0) is 12.7 Å². The van der Waals surface area contributed by atoms with E-state index in [0.717, 1.165) is 12.8 Å². The third-order valence-corrected chi connectivity index (χ3v) is 2.76. The Morgan fingerprint density at radius 3 is 2.29 bits per heavy atom. The van der Waals surface area contributed by atoms with E-state index in [4.69, 9.17) is 0 Å². The largest absolute Gasteiger partial charge is 0.394 e. The van der Waals surface area contributed by atoms with Gasteiger partial charge in [0.05, 0.1) is 6.42 Å². The van der Waals surface area contributed by atoms with Crippen molar-refractivity contribution in [2.45, 2.75) is 46.5 Å². The Balaban J connectivity index is 4.01. The van der Waals surface area contributed by atoms with Crippen LogP contribution in [0.1, 0.15) is 46.5 Å². The fraction of sp³-hybridized carbons (Fsp3) is 0.800. The van der Waals surface area contributed by atoms with E-state index in [-0.39, 0.29) is 30.0 Å². The van der Waals surface area contributed by atoms with Crippen LogP contribution in [0.4, 0.5) is 0 Å². The van der Waals surface area contributed by atoms with Crippen LogP contribution >= 0.6 is 23.0 Å². The Morgan fingerprint density at radius 2 is 1.86 bits per heavy atom. The van der Waals surface area contributed by atoms with Crippen LogP contribution in [0.5, 0.6) is 0 Å². The van der Waals surface area contributed by atoms with Gasteiger partial charge < -0.3 is 3.07 Å². The van der Waals surface area contributed by atoms with Crippen LogP contribution in [0.2, 0.25) is 0 Å². The second kappa shape index (κ2) is 6.37. The van der Waals surface area contributed by atoms with Gasteiger partial charge in [-0.3, -0.25) is 9.59 Å². The molecular formula is C10H17IO3. The Hall–Kier alpha value is -0.130. The van der Waals surface area contributed by atoms with Gasteiger partial charge >= 0.3 is 5.97 Å². The summed E-state index contributed by atoms with van der Waals surface area (Å²) in [5.41, 5.74) is -0.305. The van der Waals surface area contributed by atoms with Crippen LogP contribution in [0.25, 0.3) is 0 Å². The van der Waals surface area contributed by atoms with E-state index in [2.05, 4.69) is 3.07 Å². The van der Waals surface area contributed by atoms with Gasteiger partial charge in [-0.25, -0.2) is 0 Å². The maximum Gasteiger partial charge on any atom is 0.315 e. The summed E-state index contributed by atoms with van der Waals surface area (Å²) in [6.07, 6.45) is 2.32. The molecule has 0 spiro atoms. The molecule has 0 saturated heterocycles. The molecule has 0 saturated carbocycles. The summed E-state index contributed by atoms with van der Waals surface area (Å²) in [5, 5.41) is 0. The molecule has 14 heavy (non-hydrogen) atoms. The number of hydrogen-bond donors (Lipinski definition) is 0. The van der Waals surface area contributed by atoms with Gasteiger partial charge in [-0.05, 0) is 6.42 Å². The number of hydrogen-bond acceptors (Lipinski definition) is 3. The molecule has 0 unspecified atom stereocenters. The summed E-state index contributed by atoms with van der Waals surface area (Å²) in [6.45, 7) is 5.90. The predicted octanol–water partition coefficient (Wildman–Crippen LogP) is 3.06. The number of carbonyl (C=O) groups is 2. The Labute approximate surface area is 99.3 Å². The molecule has 0 aromatic carbocycles. The van der Waals surface area contributed by atoms with Crippen LogP contribution < -0.4 is 0 Å². The van der Waals surface area contributed by atoms with E-state index in [9.17, 15) is 9.59 Å². The minimum absolute atomic E-state index is 0.140. The smallest absolute Gasteiger partial charge is 0.315 e. The van der Waals surface area contributed by atoms with E-state index in [1.165, 1.54) is 23.0 Å². The first kappa shape index (κ1) is 13.9. The Morgan fingerprint density at radius 1 is 1.29 bits per heavy atom. The second-order valence-corrected chi connectivity index (χ2v) is 4.45. The Bertz CT molecular complexity index is 211. The lowest BCUT2D eigenvalue weighted by Crippen LogP contribution is -2.24.